The summed E-state index contributed by atoms with van der Waals surface area (Å²) in [4.78, 5) is 22.0. The molecule has 6 nitrogen and oxygen atoms in total. The van der Waals surface area contributed by atoms with E-state index in [1.807, 2.05) is 21.8 Å². The minimum absolute atomic E-state index is 0.0352. The maximum Gasteiger partial charge on any atom is 0.274 e. The molecule has 1 aliphatic heterocycles. The Morgan fingerprint density at radius 2 is 2.05 bits per heavy atom. The Kier molecular flexibility index (Phi) is 3.22. The van der Waals surface area contributed by atoms with Crippen molar-refractivity contribution in [1.82, 2.24) is 24.6 Å². The molecule has 0 N–H and O–H groups in total. The van der Waals surface area contributed by atoms with Crippen LogP contribution in [0.4, 0.5) is 0 Å². The zero-order chi connectivity index (χ0) is 13.1. The fourth-order valence-electron chi connectivity index (χ4n) is 2.40. The van der Waals surface area contributed by atoms with Gasteiger partial charge in [0.15, 0.2) is 0 Å². The second-order valence-electron chi connectivity index (χ2n) is 4.60. The minimum atomic E-state index is -0.0352. The molecule has 2 aromatic heterocycles. The van der Waals surface area contributed by atoms with Gasteiger partial charge >= 0.3 is 0 Å². The van der Waals surface area contributed by atoms with Gasteiger partial charge in [0, 0.05) is 37.9 Å². The smallest absolute Gasteiger partial charge is 0.274 e. The number of hydrogen-bond donors (Lipinski definition) is 0. The summed E-state index contributed by atoms with van der Waals surface area (Å²) < 4.78 is 1.98. The summed E-state index contributed by atoms with van der Waals surface area (Å²) in [5.41, 5.74) is 0.417. The summed E-state index contributed by atoms with van der Waals surface area (Å²) in [7, 11) is 0. The van der Waals surface area contributed by atoms with Gasteiger partial charge in [-0.3, -0.25) is 14.5 Å². The van der Waals surface area contributed by atoms with Crippen molar-refractivity contribution in [2.75, 3.05) is 13.1 Å². The van der Waals surface area contributed by atoms with Crippen molar-refractivity contribution in [3.05, 3.63) is 42.7 Å². The van der Waals surface area contributed by atoms with Crippen LogP contribution in [-0.4, -0.2) is 43.6 Å². The van der Waals surface area contributed by atoms with E-state index >= 15 is 0 Å². The predicted molar refractivity (Wildman–Crippen MR) is 68.4 cm³/mol. The van der Waals surface area contributed by atoms with Crippen LogP contribution < -0.4 is 0 Å². The van der Waals surface area contributed by atoms with Gasteiger partial charge in [-0.15, -0.1) is 0 Å². The third kappa shape index (κ3) is 2.47. The van der Waals surface area contributed by atoms with E-state index in [0.29, 0.717) is 11.7 Å². The summed E-state index contributed by atoms with van der Waals surface area (Å²) in [5, 5.41) is 4.26. The molecular weight excluding hydrogens is 242 g/mol. The molecule has 0 unspecified atom stereocenters. The molecule has 0 aliphatic carbocycles. The fourth-order valence-corrected chi connectivity index (χ4v) is 2.40. The summed E-state index contributed by atoms with van der Waals surface area (Å²) >= 11 is 0. The Balaban J connectivity index is 1.63. The molecule has 1 saturated heterocycles. The van der Waals surface area contributed by atoms with E-state index in [0.717, 1.165) is 25.9 Å². The van der Waals surface area contributed by atoms with Crippen molar-refractivity contribution in [1.29, 1.82) is 0 Å². The molecule has 0 bridgehead atoms. The van der Waals surface area contributed by atoms with E-state index < -0.39 is 0 Å². The van der Waals surface area contributed by atoms with Crippen LogP contribution in [-0.2, 0) is 0 Å². The van der Waals surface area contributed by atoms with Crippen molar-refractivity contribution in [3.63, 3.8) is 0 Å². The molecule has 0 saturated carbocycles. The van der Waals surface area contributed by atoms with Crippen LogP contribution in [0.1, 0.15) is 29.4 Å². The third-order valence-corrected chi connectivity index (χ3v) is 3.43. The normalized spacial score (nSPS) is 16.5. The molecule has 6 heteroatoms. The number of carbonyl (C=O) groups excluding carboxylic acids is 1. The van der Waals surface area contributed by atoms with Crippen LogP contribution in [0.25, 0.3) is 0 Å². The van der Waals surface area contributed by atoms with Crippen molar-refractivity contribution in [2.24, 2.45) is 0 Å². The number of nitrogens with zero attached hydrogens (tertiary/aromatic N) is 5. The van der Waals surface area contributed by atoms with E-state index in [-0.39, 0.29) is 5.91 Å². The Morgan fingerprint density at radius 3 is 2.68 bits per heavy atom. The van der Waals surface area contributed by atoms with E-state index in [1.165, 1.54) is 6.20 Å². The minimum Gasteiger partial charge on any atom is -0.337 e. The lowest BCUT2D eigenvalue weighted by Gasteiger charge is -2.31. The van der Waals surface area contributed by atoms with E-state index in [1.54, 1.807) is 18.6 Å². The molecule has 0 aromatic carbocycles. The van der Waals surface area contributed by atoms with Gasteiger partial charge in [0.25, 0.3) is 5.91 Å². The summed E-state index contributed by atoms with van der Waals surface area (Å²) in [6.07, 6.45) is 10.2. The van der Waals surface area contributed by atoms with Crippen LogP contribution in [0.3, 0.4) is 0 Å². The van der Waals surface area contributed by atoms with Crippen LogP contribution in [0.15, 0.2) is 37.1 Å². The number of amides is 1. The molecule has 1 fully saturated rings. The topological polar surface area (TPSA) is 63.9 Å². The lowest BCUT2D eigenvalue weighted by Crippen LogP contribution is -2.39. The largest absolute Gasteiger partial charge is 0.337 e. The number of carbonyl (C=O) groups is 1. The molecule has 3 rings (SSSR count). The van der Waals surface area contributed by atoms with Gasteiger partial charge < -0.3 is 4.90 Å². The van der Waals surface area contributed by atoms with Gasteiger partial charge in [-0.2, -0.15) is 5.10 Å². The Bertz CT molecular complexity index is 531. The van der Waals surface area contributed by atoms with Crippen LogP contribution >= 0.6 is 0 Å². The fraction of sp³-hybridized carbons (Fsp3) is 0.385. The van der Waals surface area contributed by atoms with Crippen LogP contribution in [0.5, 0.6) is 0 Å². The van der Waals surface area contributed by atoms with Gasteiger partial charge in [-0.1, -0.05) is 0 Å². The lowest BCUT2D eigenvalue weighted by atomic mass is 10.1. The zero-order valence-electron chi connectivity index (χ0n) is 10.5. The molecule has 0 spiro atoms. The van der Waals surface area contributed by atoms with Crippen molar-refractivity contribution < 1.29 is 4.79 Å². The molecule has 1 amide bonds. The lowest BCUT2D eigenvalue weighted by molar-refractivity contribution is 0.0683. The van der Waals surface area contributed by atoms with E-state index in [2.05, 4.69) is 15.1 Å². The summed E-state index contributed by atoms with van der Waals surface area (Å²) in [6, 6.07) is 2.32. The average molecular weight is 257 g/mol. The van der Waals surface area contributed by atoms with Crippen LogP contribution in [0.2, 0.25) is 0 Å². The molecule has 3 heterocycles. The third-order valence-electron chi connectivity index (χ3n) is 3.43. The highest BCUT2D eigenvalue weighted by atomic mass is 16.2. The van der Waals surface area contributed by atoms with Gasteiger partial charge in [0.05, 0.1) is 12.2 Å². The molecule has 19 heavy (non-hydrogen) atoms. The van der Waals surface area contributed by atoms with Gasteiger partial charge in [-0.25, -0.2) is 4.98 Å². The van der Waals surface area contributed by atoms with Crippen molar-refractivity contribution in [2.45, 2.75) is 18.9 Å². The Hall–Kier alpha value is -2.24. The summed E-state index contributed by atoms with van der Waals surface area (Å²) in [5.74, 6) is -0.0352. The second kappa shape index (κ2) is 5.17. The molecule has 0 atom stereocenters. The van der Waals surface area contributed by atoms with Gasteiger partial charge in [0.1, 0.15) is 5.69 Å². The molecule has 1 aliphatic rings. The number of likely N-dealkylation sites (tertiary alicyclic amines) is 1. The van der Waals surface area contributed by atoms with Crippen molar-refractivity contribution >= 4 is 5.91 Å². The van der Waals surface area contributed by atoms with Gasteiger partial charge in [-0.05, 0) is 18.9 Å². The van der Waals surface area contributed by atoms with Gasteiger partial charge in [0.2, 0.25) is 0 Å². The molecule has 98 valence electrons. The second-order valence-corrected chi connectivity index (χ2v) is 4.60. The Morgan fingerprint density at radius 1 is 1.21 bits per heavy atom. The number of aromatic nitrogens is 4. The quantitative estimate of drug-likeness (QED) is 0.809. The van der Waals surface area contributed by atoms with Crippen molar-refractivity contribution in [3.8, 4) is 0 Å². The molecule has 0 radical (unpaired) electrons. The summed E-state index contributed by atoms with van der Waals surface area (Å²) in [6.45, 7) is 1.47. The average Bonchev–Trinajstić information content (AvgIpc) is 3.02. The first-order valence-corrected chi connectivity index (χ1v) is 6.39. The maximum absolute atomic E-state index is 12.2. The number of rotatable bonds is 2. The number of piperidine rings is 1. The first-order chi connectivity index (χ1) is 9.34. The zero-order valence-corrected chi connectivity index (χ0v) is 10.5. The first kappa shape index (κ1) is 11.8. The maximum atomic E-state index is 12.2. The Labute approximate surface area is 111 Å². The highest BCUT2D eigenvalue weighted by Crippen LogP contribution is 2.22. The first-order valence-electron chi connectivity index (χ1n) is 6.39. The predicted octanol–water partition coefficient (Wildman–Crippen LogP) is 1.15. The highest BCUT2D eigenvalue weighted by Gasteiger charge is 2.25. The van der Waals surface area contributed by atoms with Crippen LogP contribution in [0, 0.1) is 0 Å². The number of hydrogen-bond acceptors (Lipinski definition) is 4. The monoisotopic (exact) mass is 257 g/mol. The highest BCUT2D eigenvalue weighted by molar-refractivity contribution is 5.92. The molecular formula is C13H15N5O. The SMILES string of the molecule is O=C(c1cnccn1)N1CCC(n2cccn2)CC1. The van der Waals surface area contributed by atoms with E-state index in [9.17, 15) is 4.79 Å². The standard InChI is InChI=1S/C13H15N5O/c19-13(12-10-14-5-6-15-12)17-8-2-11(3-9-17)18-7-1-4-16-18/h1,4-7,10-11H,2-3,8-9H2. The molecule has 2 aromatic rings. The van der Waals surface area contributed by atoms with E-state index in [4.69, 9.17) is 0 Å².